The number of benzene rings is 1. The van der Waals surface area contributed by atoms with Crippen LogP contribution in [0.2, 0.25) is 0 Å². The number of carbonyl (C=O) groups is 1. The fourth-order valence-corrected chi connectivity index (χ4v) is 1.18. The van der Waals surface area contributed by atoms with E-state index >= 15 is 0 Å². The molecule has 2 rings (SSSR count). The van der Waals surface area contributed by atoms with Crippen LogP contribution < -0.4 is 0 Å². The first-order valence-electron chi connectivity index (χ1n) is 3.78. The van der Waals surface area contributed by atoms with E-state index in [1.54, 1.807) is 29.9 Å². The van der Waals surface area contributed by atoms with Gasteiger partial charge in [-0.2, -0.15) is 0 Å². The third-order valence-corrected chi connectivity index (χ3v) is 1.90. The minimum atomic E-state index is -0.442. The standard InChI is InChI=1S/C9H7N3O/c1-6(13)7-3-4-8-9(5-7)12(2)11-10-8/h1,3-5H,2H3. The van der Waals surface area contributed by atoms with E-state index in [0.29, 0.717) is 5.56 Å². The molecule has 2 aromatic rings. The number of Topliss-reactive ketones (excluding diaryl/α,β-unsaturated/α-hetero) is 1. The van der Waals surface area contributed by atoms with Crippen LogP contribution in [0, 0.1) is 6.92 Å². The molecule has 4 heteroatoms. The van der Waals surface area contributed by atoms with Crippen molar-refractivity contribution in [3.8, 4) is 0 Å². The van der Waals surface area contributed by atoms with Crippen LogP contribution in [0.15, 0.2) is 18.2 Å². The first kappa shape index (κ1) is 7.91. The van der Waals surface area contributed by atoms with Crippen LogP contribution >= 0.6 is 0 Å². The van der Waals surface area contributed by atoms with Gasteiger partial charge in [0.25, 0.3) is 0 Å². The molecule has 0 N–H and O–H groups in total. The van der Waals surface area contributed by atoms with Gasteiger partial charge < -0.3 is 0 Å². The fraction of sp³-hybridized carbons (Fsp3) is 0.111. The number of hydrogen-bond donors (Lipinski definition) is 0. The predicted molar refractivity (Wildman–Crippen MR) is 47.1 cm³/mol. The molecule has 64 valence electrons. The van der Waals surface area contributed by atoms with Crippen molar-refractivity contribution in [3.05, 3.63) is 30.7 Å². The highest BCUT2D eigenvalue weighted by atomic mass is 16.1. The minimum Gasteiger partial charge on any atom is -0.294 e. The average Bonchev–Trinajstić information content (AvgIpc) is 2.47. The topological polar surface area (TPSA) is 47.8 Å². The van der Waals surface area contributed by atoms with Gasteiger partial charge in [-0.05, 0) is 18.2 Å². The van der Waals surface area contributed by atoms with Crippen LogP contribution in [0.5, 0.6) is 0 Å². The Morgan fingerprint density at radius 1 is 1.54 bits per heavy atom. The maximum Gasteiger partial charge on any atom is 0.167 e. The number of aromatic nitrogens is 3. The highest BCUT2D eigenvalue weighted by molar-refractivity contribution is 6.01. The van der Waals surface area contributed by atoms with Crippen molar-refractivity contribution in [1.29, 1.82) is 0 Å². The molecule has 13 heavy (non-hydrogen) atoms. The zero-order chi connectivity index (χ0) is 9.42. The molecule has 0 aliphatic rings. The van der Waals surface area contributed by atoms with Crippen LogP contribution in [-0.2, 0) is 7.05 Å². The summed E-state index contributed by atoms with van der Waals surface area (Å²) in [6, 6.07) is 5.04. The Labute approximate surface area is 75.2 Å². The Morgan fingerprint density at radius 3 is 3.00 bits per heavy atom. The highest BCUT2D eigenvalue weighted by Gasteiger charge is 2.04. The predicted octanol–water partition coefficient (Wildman–Crippen LogP) is 0.862. The van der Waals surface area contributed by atoms with Gasteiger partial charge in [-0.3, -0.25) is 4.79 Å². The summed E-state index contributed by atoms with van der Waals surface area (Å²) in [5.41, 5.74) is 2.03. The summed E-state index contributed by atoms with van der Waals surface area (Å²) in [7, 11) is 1.76. The maximum absolute atomic E-state index is 10.8. The second kappa shape index (κ2) is 2.65. The van der Waals surface area contributed by atoms with Crippen molar-refractivity contribution in [2.24, 2.45) is 7.05 Å². The molecule has 0 amide bonds. The molecular weight excluding hydrogens is 166 g/mol. The van der Waals surface area contributed by atoms with Gasteiger partial charge in [-0.25, -0.2) is 4.68 Å². The number of nitrogens with zero attached hydrogens (tertiary/aromatic N) is 3. The lowest BCUT2D eigenvalue weighted by molar-refractivity contribution is 0.104. The van der Waals surface area contributed by atoms with Gasteiger partial charge in [0, 0.05) is 19.5 Å². The molecule has 0 spiro atoms. The van der Waals surface area contributed by atoms with Gasteiger partial charge >= 0.3 is 0 Å². The summed E-state index contributed by atoms with van der Waals surface area (Å²) >= 11 is 0. The molecule has 1 heterocycles. The van der Waals surface area contributed by atoms with Crippen molar-refractivity contribution in [1.82, 2.24) is 15.0 Å². The van der Waals surface area contributed by atoms with Crippen LogP contribution in [0.1, 0.15) is 10.4 Å². The normalized spacial score (nSPS) is 10.6. The summed E-state index contributed by atoms with van der Waals surface area (Å²) in [5.74, 6) is -0.442. The van der Waals surface area contributed by atoms with Crippen LogP contribution in [0.3, 0.4) is 0 Å². The molecule has 0 bridgehead atoms. The zero-order valence-corrected chi connectivity index (χ0v) is 7.06. The molecule has 1 aromatic heterocycles. The van der Waals surface area contributed by atoms with Gasteiger partial charge in [0.1, 0.15) is 5.52 Å². The van der Waals surface area contributed by atoms with E-state index in [-0.39, 0.29) is 0 Å². The molecule has 0 atom stereocenters. The Bertz CT molecular complexity index is 473. The summed E-state index contributed by atoms with van der Waals surface area (Å²) in [6.45, 7) is 5.13. The van der Waals surface area contributed by atoms with Gasteiger partial charge in [0.15, 0.2) is 5.78 Å². The third kappa shape index (κ3) is 1.20. The molecule has 0 saturated carbocycles. The SMILES string of the molecule is [CH]C(=O)c1ccc2nnn(C)c2c1. The first-order chi connectivity index (χ1) is 6.18. The van der Waals surface area contributed by atoms with Crippen molar-refractivity contribution >= 4 is 16.8 Å². The Hall–Kier alpha value is -1.71. The lowest BCUT2D eigenvalue weighted by atomic mass is 10.1. The molecule has 0 aliphatic carbocycles. The number of carbonyl (C=O) groups excluding carboxylic acids is 1. The largest absolute Gasteiger partial charge is 0.294 e. The van der Waals surface area contributed by atoms with E-state index in [2.05, 4.69) is 10.3 Å². The van der Waals surface area contributed by atoms with Gasteiger partial charge in [0.2, 0.25) is 0 Å². The minimum absolute atomic E-state index is 0.442. The molecule has 0 fully saturated rings. The lowest BCUT2D eigenvalue weighted by Crippen LogP contribution is -1.94. The summed E-state index contributed by atoms with van der Waals surface area (Å²) < 4.78 is 1.60. The molecule has 4 nitrogen and oxygen atoms in total. The van der Waals surface area contributed by atoms with E-state index in [1.165, 1.54) is 0 Å². The number of fused-ring (bicyclic) bond motifs is 1. The van der Waals surface area contributed by atoms with Gasteiger partial charge in [-0.1, -0.05) is 5.21 Å². The quantitative estimate of drug-likeness (QED) is 0.601. The summed E-state index contributed by atoms with van der Waals surface area (Å²) in [5, 5.41) is 7.69. The molecule has 2 radical (unpaired) electrons. The second-order valence-electron chi connectivity index (χ2n) is 2.78. The monoisotopic (exact) mass is 173 g/mol. The van der Waals surface area contributed by atoms with Crippen molar-refractivity contribution in [2.45, 2.75) is 0 Å². The van der Waals surface area contributed by atoms with Crippen molar-refractivity contribution in [2.75, 3.05) is 0 Å². The van der Waals surface area contributed by atoms with E-state index in [4.69, 9.17) is 6.92 Å². The maximum atomic E-state index is 10.8. The highest BCUT2D eigenvalue weighted by Crippen LogP contribution is 2.12. The Balaban J connectivity index is 2.72. The fourth-order valence-electron chi connectivity index (χ4n) is 1.18. The Morgan fingerprint density at radius 2 is 2.31 bits per heavy atom. The van der Waals surface area contributed by atoms with E-state index in [9.17, 15) is 4.79 Å². The number of hydrogen-bond acceptors (Lipinski definition) is 3. The van der Waals surface area contributed by atoms with Crippen LogP contribution in [0.25, 0.3) is 11.0 Å². The average molecular weight is 173 g/mol. The van der Waals surface area contributed by atoms with E-state index in [1.807, 2.05) is 0 Å². The Kier molecular flexibility index (Phi) is 1.62. The molecule has 0 unspecified atom stereocenters. The second-order valence-corrected chi connectivity index (χ2v) is 2.78. The summed E-state index contributed by atoms with van der Waals surface area (Å²) in [4.78, 5) is 10.8. The lowest BCUT2D eigenvalue weighted by Gasteiger charge is -1.95. The molecule has 1 aromatic carbocycles. The smallest absolute Gasteiger partial charge is 0.167 e. The first-order valence-corrected chi connectivity index (χ1v) is 3.78. The van der Waals surface area contributed by atoms with Crippen molar-refractivity contribution in [3.63, 3.8) is 0 Å². The summed E-state index contributed by atoms with van der Waals surface area (Å²) in [6.07, 6.45) is 0. The van der Waals surface area contributed by atoms with Crippen LogP contribution in [-0.4, -0.2) is 20.8 Å². The third-order valence-electron chi connectivity index (χ3n) is 1.90. The van der Waals surface area contributed by atoms with Crippen molar-refractivity contribution < 1.29 is 4.79 Å². The molecule has 0 aliphatic heterocycles. The van der Waals surface area contributed by atoms with Gasteiger partial charge in [0.05, 0.1) is 5.52 Å². The zero-order valence-electron chi connectivity index (χ0n) is 7.06. The number of ketones is 1. The number of aryl methyl sites for hydroxylation is 1. The van der Waals surface area contributed by atoms with E-state index in [0.717, 1.165) is 11.0 Å². The molecular formula is C9H7N3O. The van der Waals surface area contributed by atoms with Gasteiger partial charge in [-0.15, -0.1) is 5.10 Å². The number of rotatable bonds is 1. The van der Waals surface area contributed by atoms with Crippen LogP contribution in [0.4, 0.5) is 0 Å². The molecule has 0 saturated heterocycles. The van der Waals surface area contributed by atoms with E-state index < -0.39 is 5.78 Å².